The van der Waals surface area contributed by atoms with Crippen LogP contribution >= 0.6 is 0 Å². The molecule has 2 fully saturated rings. The summed E-state index contributed by atoms with van der Waals surface area (Å²) < 4.78 is 38.8. The molecule has 30 heavy (non-hydrogen) atoms. The lowest BCUT2D eigenvalue weighted by Crippen LogP contribution is -2.42. The smallest absolute Gasteiger partial charge is 0.340 e. The minimum absolute atomic E-state index is 0.0399. The number of esters is 1. The van der Waals surface area contributed by atoms with Gasteiger partial charge in [0.1, 0.15) is 23.5 Å². The Morgan fingerprint density at radius 1 is 1.13 bits per heavy atom. The van der Waals surface area contributed by atoms with Crippen LogP contribution in [-0.4, -0.2) is 37.2 Å². The van der Waals surface area contributed by atoms with Gasteiger partial charge in [0.15, 0.2) is 0 Å². The molecule has 2 aromatic rings. The quantitative estimate of drug-likeness (QED) is 0.606. The predicted octanol–water partition coefficient (Wildman–Crippen LogP) is 5.23. The molecule has 1 unspecified atom stereocenters. The maximum absolute atomic E-state index is 14.5. The van der Waals surface area contributed by atoms with E-state index in [-0.39, 0.29) is 23.5 Å². The zero-order valence-electron chi connectivity index (χ0n) is 17.4. The van der Waals surface area contributed by atoms with Crippen LogP contribution < -0.4 is 4.74 Å². The first kappa shape index (κ1) is 20.8. The van der Waals surface area contributed by atoms with Gasteiger partial charge < -0.3 is 9.47 Å². The van der Waals surface area contributed by atoms with Crippen molar-refractivity contribution in [3.05, 3.63) is 64.7 Å². The first-order chi connectivity index (χ1) is 14.5. The van der Waals surface area contributed by atoms with E-state index in [2.05, 4.69) is 11.8 Å². The Morgan fingerprint density at radius 3 is 2.53 bits per heavy atom. The van der Waals surface area contributed by atoms with Gasteiger partial charge in [0.25, 0.3) is 0 Å². The highest BCUT2D eigenvalue weighted by Gasteiger charge is 2.32. The van der Waals surface area contributed by atoms with Gasteiger partial charge in [0.2, 0.25) is 0 Å². The van der Waals surface area contributed by atoms with Crippen molar-refractivity contribution in [2.75, 3.05) is 20.2 Å². The number of carbonyl (C=O) groups excluding carboxylic acids is 1. The highest BCUT2D eigenvalue weighted by atomic mass is 19.1. The molecule has 1 aliphatic carbocycles. The summed E-state index contributed by atoms with van der Waals surface area (Å²) in [6, 6.07) is 9.67. The zero-order chi connectivity index (χ0) is 21.3. The number of hydrogen-bond acceptors (Lipinski definition) is 4. The molecule has 4 rings (SSSR count). The van der Waals surface area contributed by atoms with E-state index >= 15 is 0 Å². The monoisotopic (exact) mass is 415 g/mol. The first-order valence-corrected chi connectivity index (χ1v) is 10.5. The van der Waals surface area contributed by atoms with E-state index in [1.807, 2.05) is 12.1 Å². The van der Waals surface area contributed by atoms with E-state index in [1.165, 1.54) is 25.3 Å². The summed E-state index contributed by atoms with van der Waals surface area (Å²) in [5, 5.41) is 0. The lowest BCUT2D eigenvalue weighted by atomic mass is 10.0. The van der Waals surface area contributed by atoms with Crippen molar-refractivity contribution in [3.63, 3.8) is 0 Å². The molecule has 0 bridgehead atoms. The number of nitrogens with zero attached hydrogens (tertiary/aromatic N) is 1. The third kappa shape index (κ3) is 4.48. The normalized spacial score (nSPS) is 20.6. The Hall–Kier alpha value is -2.47. The van der Waals surface area contributed by atoms with Crippen LogP contribution in [0.2, 0.25) is 0 Å². The minimum Gasteiger partial charge on any atom is -0.489 e. The fourth-order valence-corrected chi connectivity index (χ4v) is 4.20. The summed E-state index contributed by atoms with van der Waals surface area (Å²) in [5.41, 5.74) is 1.91. The summed E-state index contributed by atoms with van der Waals surface area (Å²) in [4.78, 5) is 14.2. The summed E-state index contributed by atoms with van der Waals surface area (Å²) in [7, 11) is 1.25. The van der Waals surface area contributed by atoms with Gasteiger partial charge in [-0.2, -0.15) is 0 Å². The molecule has 0 N–H and O–H groups in total. The average molecular weight is 415 g/mol. The van der Waals surface area contributed by atoms with Crippen LogP contribution in [0, 0.1) is 11.6 Å². The van der Waals surface area contributed by atoms with Gasteiger partial charge in [-0.05, 0) is 74.4 Å². The van der Waals surface area contributed by atoms with Crippen molar-refractivity contribution < 1.29 is 23.0 Å². The lowest BCUT2D eigenvalue weighted by molar-refractivity contribution is 0.0592. The molecular formula is C24H27F2NO3. The Morgan fingerprint density at radius 2 is 1.87 bits per heavy atom. The third-order valence-electron chi connectivity index (χ3n) is 6.13. The SMILES string of the molecule is COC(=O)c1cc(C2CC2)c(OC2CCCN([C@@H](C)c3ccc(F)cc3)C2)cc1F. The van der Waals surface area contributed by atoms with Crippen LogP contribution in [0.25, 0.3) is 0 Å². The number of likely N-dealkylation sites (tertiary alicyclic amines) is 1. The Bertz CT molecular complexity index is 911. The number of rotatable bonds is 6. The molecule has 1 saturated heterocycles. The molecule has 0 spiro atoms. The van der Waals surface area contributed by atoms with Gasteiger partial charge in [-0.15, -0.1) is 0 Å². The maximum Gasteiger partial charge on any atom is 0.340 e. The van der Waals surface area contributed by atoms with Crippen LogP contribution in [0.5, 0.6) is 5.75 Å². The van der Waals surface area contributed by atoms with Gasteiger partial charge in [-0.1, -0.05) is 12.1 Å². The number of piperidine rings is 1. The number of halogens is 2. The highest BCUT2D eigenvalue weighted by molar-refractivity contribution is 5.90. The highest BCUT2D eigenvalue weighted by Crippen LogP contribution is 2.45. The standard InChI is InChI=1S/C24H27F2NO3/c1-15(16-7-9-18(25)10-8-16)27-11-3-4-19(14-27)30-23-13-22(26)21(24(28)29-2)12-20(23)17-5-6-17/h7-10,12-13,15,17,19H,3-6,11,14H2,1-2H3/t15-,19?/m0/s1. The number of carbonyl (C=O) groups is 1. The number of benzene rings is 2. The Kier molecular flexibility index (Phi) is 6.04. The minimum atomic E-state index is -0.669. The van der Waals surface area contributed by atoms with Crippen LogP contribution in [0.15, 0.2) is 36.4 Å². The summed E-state index contributed by atoms with van der Waals surface area (Å²) >= 11 is 0. The Balaban J connectivity index is 1.50. The topological polar surface area (TPSA) is 38.8 Å². The molecule has 0 aromatic heterocycles. The molecule has 0 radical (unpaired) electrons. The zero-order valence-corrected chi connectivity index (χ0v) is 17.4. The summed E-state index contributed by atoms with van der Waals surface area (Å²) in [5.74, 6) is -0.687. The van der Waals surface area contributed by atoms with E-state index < -0.39 is 11.8 Å². The lowest BCUT2D eigenvalue weighted by Gasteiger charge is -2.37. The van der Waals surface area contributed by atoms with Crippen LogP contribution in [0.3, 0.4) is 0 Å². The van der Waals surface area contributed by atoms with Gasteiger partial charge >= 0.3 is 5.97 Å². The van der Waals surface area contributed by atoms with Crippen molar-refractivity contribution in [3.8, 4) is 5.75 Å². The summed E-state index contributed by atoms with van der Waals surface area (Å²) in [6.07, 6.45) is 3.82. The second-order valence-electron chi connectivity index (χ2n) is 8.24. The largest absolute Gasteiger partial charge is 0.489 e. The van der Waals surface area contributed by atoms with Crippen molar-refractivity contribution in [2.24, 2.45) is 0 Å². The molecule has 2 aliphatic rings. The number of hydrogen-bond donors (Lipinski definition) is 0. The van der Waals surface area contributed by atoms with Gasteiger partial charge in [0, 0.05) is 18.7 Å². The van der Waals surface area contributed by atoms with Crippen LogP contribution in [-0.2, 0) is 4.74 Å². The van der Waals surface area contributed by atoms with Gasteiger partial charge in [-0.3, -0.25) is 4.90 Å². The maximum atomic E-state index is 14.5. The molecule has 1 saturated carbocycles. The predicted molar refractivity (Wildman–Crippen MR) is 110 cm³/mol. The first-order valence-electron chi connectivity index (χ1n) is 10.5. The molecule has 2 aromatic carbocycles. The molecule has 4 nitrogen and oxygen atoms in total. The number of methoxy groups -OCH3 is 1. The molecule has 1 heterocycles. The van der Waals surface area contributed by atoms with Crippen LogP contribution in [0.4, 0.5) is 8.78 Å². The van der Waals surface area contributed by atoms with Crippen molar-refractivity contribution in [2.45, 2.75) is 50.7 Å². The molecule has 160 valence electrons. The van der Waals surface area contributed by atoms with Crippen molar-refractivity contribution in [1.82, 2.24) is 4.90 Å². The van der Waals surface area contributed by atoms with Crippen LogP contribution in [0.1, 0.15) is 66.1 Å². The summed E-state index contributed by atoms with van der Waals surface area (Å²) in [6.45, 7) is 3.75. The van der Waals surface area contributed by atoms with E-state index in [4.69, 9.17) is 9.47 Å². The van der Waals surface area contributed by atoms with E-state index in [0.717, 1.165) is 43.4 Å². The van der Waals surface area contributed by atoms with E-state index in [1.54, 1.807) is 6.07 Å². The fourth-order valence-electron chi connectivity index (χ4n) is 4.20. The van der Waals surface area contributed by atoms with E-state index in [0.29, 0.717) is 18.2 Å². The Labute approximate surface area is 175 Å². The number of ether oxygens (including phenoxy) is 2. The van der Waals surface area contributed by atoms with E-state index in [9.17, 15) is 13.6 Å². The molecule has 1 aliphatic heterocycles. The third-order valence-corrected chi connectivity index (χ3v) is 6.13. The van der Waals surface area contributed by atoms with Crippen molar-refractivity contribution in [1.29, 1.82) is 0 Å². The molecular weight excluding hydrogens is 388 g/mol. The molecule has 0 amide bonds. The molecule has 2 atom stereocenters. The molecule has 6 heteroatoms. The van der Waals surface area contributed by atoms with Gasteiger partial charge in [-0.25, -0.2) is 13.6 Å². The second kappa shape index (κ2) is 8.72. The fraction of sp³-hybridized carbons (Fsp3) is 0.458. The second-order valence-corrected chi connectivity index (χ2v) is 8.24. The van der Waals surface area contributed by atoms with Gasteiger partial charge in [0.05, 0.1) is 12.7 Å². The van der Waals surface area contributed by atoms with Crippen molar-refractivity contribution >= 4 is 5.97 Å². The average Bonchev–Trinajstić information content (AvgIpc) is 3.59.